The quantitative estimate of drug-likeness (QED) is 0.282. The number of nitro groups is 1. The fraction of sp³-hybridized carbons (Fsp3) is 0. The monoisotopic (exact) mass is 395 g/mol. The zero-order chi connectivity index (χ0) is 18.9. The zero-order valence-corrected chi connectivity index (χ0v) is 16.9. The Balaban J connectivity index is 0.00000261. The van der Waals surface area contributed by atoms with Gasteiger partial charge in [-0.1, -0.05) is 12.1 Å². The van der Waals surface area contributed by atoms with Crippen LogP contribution >= 0.6 is 0 Å². The van der Waals surface area contributed by atoms with E-state index in [4.69, 9.17) is 4.55 Å². The van der Waals surface area contributed by atoms with Crippen molar-refractivity contribution in [2.24, 2.45) is 0 Å². The number of nitrogens with one attached hydrogen (secondary N) is 1. The Labute approximate surface area is 176 Å². The molecule has 3 aromatic rings. The molecular weight excluding hydrogens is 383 g/mol. The maximum Gasteiger partial charge on any atom is 1.00 e. The van der Waals surface area contributed by atoms with E-state index in [0.717, 1.165) is 0 Å². The molecular formula is C17H12N2NaO6S+. The number of hydrogen-bond acceptors (Lipinski definition) is 5. The fourth-order valence-electron chi connectivity index (χ4n) is 2.40. The van der Waals surface area contributed by atoms with Crippen molar-refractivity contribution in [2.75, 3.05) is 5.32 Å². The van der Waals surface area contributed by atoms with Gasteiger partial charge in [-0.2, -0.15) is 8.42 Å². The number of non-ortho nitro benzene ring substituents is 1. The van der Waals surface area contributed by atoms with Gasteiger partial charge < -0.3 is 5.32 Å². The minimum Gasteiger partial charge on any atom is -0.322 e. The normalized spacial score (nSPS) is 10.9. The Kier molecular flexibility index (Phi) is 6.34. The van der Waals surface area contributed by atoms with Crippen molar-refractivity contribution in [1.29, 1.82) is 0 Å². The molecule has 10 heteroatoms. The van der Waals surface area contributed by atoms with Crippen LogP contribution in [0.1, 0.15) is 10.4 Å². The van der Waals surface area contributed by atoms with E-state index in [1.54, 1.807) is 18.2 Å². The molecule has 0 atom stereocenters. The second-order valence-electron chi connectivity index (χ2n) is 5.46. The molecule has 0 saturated heterocycles. The first kappa shape index (κ1) is 21.0. The van der Waals surface area contributed by atoms with Crippen LogP contribution in [0.15, 0.2) is 65.6 Å². The zero-order valence-electron chi connectivity index (χ0n) is 14.1. The van der Waals surface area contributed by atoms with Crippen molar-refractivity contribution >= 4 is 38.2 Å². The van der Waals surface area contributed by atoms with Gasteiger partial charge in [-0.15, -0.1) is 0 Å². The van der Waals surface area contributed by atoms with Gasteiger partial charge in [-0.05, 0) is 47.2 Å². The number of amides is 1. The first-order valence-electron chi connectivity index (χ1n) is 7.31. The van der Waals surface area contributed by atoms with Crippen LogP contribution in [0.2, 0.25) is 0 Å². The number of rotatable bonds is 4. The van der Waals surface area contributed by atoms with Crippen molar-refractivity contribution in [3.8, 4) is 0 Å². The maximum atomic E-state index is 12.2. The molecule has 27 heavy (non-hydrogen) atoms. The molecule has 0 radical (unpaired) electrons. The van der Waals surface area contributed by atoms with Gasteiger partial charge in [0.25, 0.3) is 21.7 Å². The Bertz CT molecular complexity index is 1130. The van der Waals surface area contributed by atoms with E-state index in [1.165, 1.54) is 42.5 Å². The minimum atomic E-state index is -4.29. The average Bonchev–Trinajstić information content (AvgIpc) is 2.60. The number of nitro benzene ring substituents is 1. The number of hydrogen-bond donors (Lipinski definition) is 2. The number of carbonyl (C=O) groups excluding carboxylic acids is 1. The molecule has 0 fully saturated rings. The second-order valence-corrected chi connectivity index (χ2v) is 6.88. The second kappa shape index (κ2) is 8.15. The Morgan fingerprint density at radius 1 is 0.963 bits per heavy atom. The van der Waals surface area contributed by atoms with Crippen molar-refractivity contribution in [3.63, 3.8) is 0 Å². The molecule has 0 aromatic heterocycles. The summed E-state index contributed by atoms with van der Waals surface area (Å²) in [4.78, 5) is 22.1. The Hall–Kier alpha value is -2.30. The van der Waals surface area contributed by atoms with Crippen molar-refractivity contribution in [3.05, 3.63) is 76.3 Å². The van der Waals surface area contributed by atoms with Crippen molar-refractivity contribution in [2.45, 2.75) is 4.90 Å². The van der Waals surface area contributed by atoms with Gasteiger partial charge in [-0.25, -0.2) is 0 Å². The first-order chi connectivity index (χ1) is 12.2. The molecule has 0 spiro atoms. The largest absolute Gasteiger partial charge is 1.00 e. The molecule has 1 amide bonds. The van der Waals surface area contributed by atoms with Crippen LogP contribution in [0, 0.1) is 10.1 Å². The van der Waals surface area contributed by atoms with Gasteiger partial charge in [0.2, 0.25) is 0 Å². The van der Waals surface area contributed by atoms with Gasteiger partial charge in [0.15, 0.2) is 0 Å². The SMILES string of the molecule is O=C(Nc1ccc2cc(S(=O)(=O)O)ccc2c1)c1ccc([N+](=O)[O-])cc1.[Na+]. The van der Waals surface area contributed by atoms with Crippen LogP contribution in [0.25, 0.3) is 10.8 Å². The number of carbonyl (C=O) groups is 1. The summed E-state index contributed by atoms with van der Waals surface area (Å²) >= 11 is 0. The van der Waals surface area contributed by atoms with Crippen LogP contribution in [0.4, 0.5) is 11.4 Å². The molecule has 0 aliphatic rings. The number of benzene rings is 3. The average molecular weight is 395 g/mol. The molecule has 2 N–H and O–H groups in total. The predicted octanol–water partition coefficient (Wildman–Crippen LogP) is 0.251. The first-order valence-corrected chi connectivity index (χ1v) is 8.75. The molecule has 0 aliphatic carbocycles. The van der Waals surface area contributed by atoms with Crippen molar-refractivity contribution in [1.82, 2.24) is 0 Å². The topological polar surface area (TPSA) is 127 Å². The number of nitrogens with zero attached hydrogens (tertiary/aromatic N) is 1. The van der Waals surface area contributed by atoms with Crippen LogP contribution in [0.5, 0.6) is 0 Å². The molecule has 0 aliphatic heterocycles. The Morgan fingerprint density at radius 2 is 1.56 bits per heavy atom. The van der Waals surface area contributed by atoms with Crippen LogP contribution < -0.4 is 34.9 Å². The van der Waals surface area contributed by atoms with Gasteiger partial charge in [0.05, 0.1) is 9.82 Å². The molecule has 0 bridgehead atoms. The molecule has 3 aromatic carbocycles. The maximum absolute atomic E-state index is 12.2. The smallest absolute Gasteiger partial charge is 0.322 e. The standard InChI is InChI=1S/C17H12N2O6S.Na/c20-17(11-2-6-15(7-3-11)19(21)22)18-14-5-1-13-10-16(26(23,24)25)8-4-12(13)9-14;/h1-10H,(H,18,20)(H,23,24,25);/q;+1. The van der Waals surface area contributed by atoms with Crippen LogP contribution in [-0.2, 0) is 10.1 Å². The van der Waals surface area contributed by atoms with E-state index in [1.807, 2.05) is 0 Å². The number of anilines is 1. The van der Waals surface area contributed by atoms with Gasteiger partial charge in [-0.3, -0.25) is 19.5 Å². The molecule has 8 nitrogen and oxygen atoms in total. The summed E-state index contributed by atoms with van der Waals surface area (Å²) in [5, 5.41) is 14.5. The van der Waals surface area contributed by atoms with E-state index < -0.39 is 20.9 Å². The van der Waals surface area contributed by atoms with E-state index >= 15 is 0 Å². The molecule has 3 rings (SSSR count). The fourth-order valence-corrected chi connectivity index (χ4v) is 2.92. The van der Waals surface area contributed by atoms with Crippen LogP contribution in [0.3, 0.4) is 0 Å². The summed E-state index contributed by atoms with van der Waals surface area (Å²) in [6.07, 6.45) is 0. The molecule has 0 saturated carbocycles. The van der Waals surface area contributed by atoms with E-state index in [0.29, 0.717) is 16.5 Å². The summed E-state index contributed by atoms with van der Waals surface area (Å²) in [5.41, 5.74) is 0.625. The molecule has 0 unspecified atom stereocenters. The molecule has 132 valence electrons. The third-order valence-corrected chi connectivity index (χ3v) is 4.56. The summed E-state index contributed by atoms with van der Waals surface area (Å²) in [6, 6.07) is 14.1. The van der Waals surface area contributed by atoms with Gasteiger partial charge in [0.1, 0.15) is 0 Å². The van der Waals surface area contributed by atoms with E-state index in [9.17, 15) is 23.3 Å². The van der Waals surface area contributed by atoms with Gasteiger partial charge >= 0.3 is 29.6 Å². The summed E-state index contributed by atoms with van der Waals surface area (Å²) in [7, 11) is -4.29. The van der Waals surface area contributed by atoms with Crippen molar-refractivity contribution < 1.29 is 52.2 Å². The van der Waals surface area contributed by atoms with Crippen LogP contribution in [-0.4, -0.2) is 23.8 Å². The summed E-state index contributed by atoms with van der Waals surface area (Å²) in [6.45, 7) is 0. The third kappa shape index (κ3) is 4.90. The number of fused-ring (bicyclic) bond motifs is 1. The summed E-state index contributed by atoms with van der Waals surface area (Å²) < 4.78 is 31.4. The predicted molar refractivity (Wildman–Crippen MR) is 94.8 cm³/mol. The van der Waals surface area contributed by atoms with Gasteiger partial charge in [0, 0.05) is 23.4 Å². The summed E-state index contributed by atoms with van der Waals surface area (Å²) in [5.74, 6) is -0.436. The van der Waals surface area contributed by atoms with E-state index in [-0.39, 0.29) is 45.7 Å². The third-order valence-electron chi connectivity index (χ3n) is 3.71. The van der Waals surface area contributed by atoms with E-state index in [2.05, 4.69) is 5.32 Å². The molecule has 0 heterocycles. The minimum absolute atomic E-state index is 0. The Morgan fingerprint density at radius 3 is 2.15 bits per heavy atom.